The van der Waals surface area contributed by atoms with Gasteiger partial charge in [0.2, 0.25) is 5.91 Å². The Balaban J connectivity index is 1.93. The summed E-state index contributed by atoms with van der Waals surface area (Å²) in [6, 6.07) is 0. The summed E-state index contributed by atoms with van der Waals surface area (Å²) in [5.41, 5.74) is 0.411. The zero-order valence-electron chi connectivity index (χ0n) is 17.3. The van der Waals surface area contributed by atoms with Crippen LogP contribution in [0.5, 0.6) is 0 Å². The van der Waals surface area contributed by atoms with Crippen molar-refractivity contribution in [2.45, 2.75) is 59.3 Å². The van der Waals surface area contributed by atoms with Crippen molar-refractivity contribution >= 4 is 5.91 Å². The van der Waals surface area contributed by atoms with Crippen LogP contribution in [0.25, 0.3) is 0 Å². The molecule has 0 aromatic rings. The molecular formula is C23H37NO2. The molecule has 3 nitrogen and oxygen atoms in total. The molecule has 2 fully saturated rings. The van der Waals surface area contributed by atoms with Crippen LogP contribution in [0.15, 0.2) is 24.8 Å². The molecule has 3 rings (SSSR count). The summed E-state index contributed by atoms with van der Waals surface area (Å²) in [5.74, 6) is 2.91. The number of hydrogen-bond donors (Lipinski definition) is 0. The number of allylic oxidation sites excluding steroid dienone is 3. The average molecular weight is 360 g/mol. The monoisotopic (exact) mass is 359 g/mol. The molecule has 0 aromatic carbocycles. The van der Waals surface area contributed by atoms with E-state index >= 15 is 0 Å². The first kappa shape index (κ1) is 19.7. The third-order valence-electron chi connectivity index (χ3n) is 8.30. The zero-order chi connectivity index (χ0) is 19.1. The molecule has 0 heterocycles. The molecule has 3 heteroatoms. The Morgan fingerprint density at radius 3 is 2.77 bits per heavy atom. The SMILES string of the molecule is C=CCC[C@@H]1[C@@H](C)CC[C@@H]2C=C[C@@]3(C)CC(C(=O)N(C)OC)C[C@H]3[C@@]12C. The Hall–Kier alpha value is -1.09. The predicted octanol–water partition coefficient (Wildman–Crippen LogP) is 5.24. The van der Waals surface area contributed by atoms with E-state index in [1.807, 2.05) is 0 Å². The van der Waals surface area contributed by atoms with Crippen molar-refractivity contribution in [3.8, 4) is 0 Å². The van der Waals surface area contributed by atoms with E-state index in [2.05, 4.69) is 45.6 Å². The van der Waals surface area contributed by atoms with Crippen molar-refractivity contribution in [3.05, 3.63) is 24.8 Å². The lowest BCUT2D eigenvalue weighted by Crippen LogP contribution is -2.52. The first-order valence-electron chi connectivity index (χ1n) is 10.4. The largest absolute Gasteiger partial charge is 0.275 e. The maximum atomic E-state index is 12.8. The first-order chi connectivity index (χ1) is 12.3. The first-order valence-corrected chi connectivity index (χ1v) is 10.4. The van der Waals surface area contributed by atoms with E-state index < -0.39 is 0 Å². The summed E-state index contributed by atoms with van der Waals surface area (Å²) in [6.45, 7) is 11.3. The van der Waals surface area contributed by atoms with Crippen molar-refractivity contribution in [2.75, 3.05) is 14.2 Å². The molecule has 0 spiro atoms. The summed E-state index contributed by atoms with van der Waals surface area (Å²) in [7, 11) is 3.32. The molecule has 2 saturated carbocycles. The van der Waals surface area contributed by atoms with Crippen molar-refractivity contribution in [1.82, 2.24) is 5.06 Å². The van der Waals surface area contributed by atoms with E-state index in [0.29, 0.717) is 17.8 Å². The van der Waals surface area contributed by atoms with Crippen molar-refractivity contribution in [2.24, 2.45) is 40.4 Å². The molecule has 0 N–H and O–H groups in total. The lowest BCUT2D eigenvalue weighted by Gasteiger charge is -2.59. The molecule has 1 unspecified atom stereocenters. The number of fused-ring (bicyclic) bond motifs is 3. The highest BCUT2D eigenvalue weighted by molar-refractivity contribution is 5.78. The summed E-state index contributed by atoms with van der Waals surface area (Å²) in [4.78, 5) is 18.0. The molecular weight excluding hydrogens is 322 g/mol. The maximum absolute atomic E-state index is 12.8. The van der Waals surface area contributed by atoms with Crippen LogP contribution in [0.1, 0.15) is 59.3 Å². The number of hydroxylamine groups is 2. The molecule has 26 heavy (non-hydrogen) atoms. The highest BCUT2D eigenvalue weighted by atomic mass is 16.7. The van der Waals surface area contributed by atoms with Crippen LogP contribution in [0.4, 0.5) is 0 Å². The minimum Gasteiger partial charge on any atom is -0.275 e. The number of carbonyl (C=O) groups is 1. The van der Waals surface area contributed by atoms with Gasteiger partial charge in [0.15, 0.2) is 0 Å². The van der Waals surface area contributed by atoms with Gasteiger partial charge in [-0.1, -0.05) is 39.0 Å². The van der Waals surface area contributed by atoms with Crippen LogP contribution in [0, 0.1) is 40.4 Å². The molecule has 0 aromatic heterocycles. The number of carbonyl (C=O) groups excluding carboxylic acids is 1. The average Bonchev–Trinajstić information content (AvgIpc) is 2.98. The second-order valence-electron chi connectivity index (χ2n) is 9.57. The summed E-state index contributed by atoms with van der Waals surface area (Å²) >= 11 is 0. The maximum Gasteiger partial charge on any atom is 0.248 e. The van der Waals surface area contributed by atoms with Gasteiger partial charge in [0.05, 0.1) is 7.11 Å². The van der Waals surface area contributed by atoms with Gasteiger partial charge in [-0.25, -0.2) is 5.06 Å². The minimum atomic E-state index is 0.0764. The van der Waals surface area contributed by atoms with E-state index in [-0.39, 0.29) is 22.7 Å². The highest BCUT2D eigenvalue weighted by Crippen LogP contribution is 2.66. The van der Waals surface area contributed by atoms with E-state index in [0.717, 1.165) is 25.2 Å². The lowest BCUT2D eigenvalue weighted by atomic mass is 9.46. The summed E-state index contributed by atoms with van der Waals surface area (Å²) in [5, 5.41) is 1.42. The van der Waals surface area contributed by atoms with Crippen LogP contribution in [-0.2, 0) is 9.63 Å². The fourth-order valence-electron chi connectivity index (χ4n) is 6.89. The minimum absolute atomic E-state index is 0.0764. The highest BCUT2D eigenvalue weighted by Gasteiger charge is 2.60. The van der Waals surface area contributed by atoms with Crippen LogP contribution < -0.4 is 0 Å². The number of hydrogen-bond acceptors (Lipinski definition) is 2. The van der Waals surface area contributed by atoms with E-state index in [1.54, 1.807) is 14.2 Å². The Morgan fingerprint density at radius 2 is 2.12 bits per heavy atom. The number of amides is 1. The molecule has 0 saturated heterocycles. The number of rotatable bonds is 5. The van der Waals surface area contributed by atoms with Crippen molar-refractivity contribution in [3.63, 3.8) is 0 Å². The Morgan fingerprint density at radius 1 is 1.38 bits per heavy atom. The Labute approximate surface area is 159 Å². The quantitative estimate of drug-likeness (QED) is 0.496. The van der Waals surface area contributed by atoms with Gasteiger partial charge in [-0.15, -0.1) is 6.58 Å². The standard InChI is InChI=1S/C23H37NO2/c1-7-8-9-19-16(2)10-11-18-12-13-22(3)15-17(21(25)24(5)26-6)14-20(22)23(18,19)4/h7,12-13,16-20H,1,8-11,14-15H2,2-6H3/t16-,17?,18+,19+,20+,22-,23+/m0/s1. The van der Waals surface area contributed by atoms with Gasteiger partial charge in [0, 0.05) is 13.0 Å². The van der Waals surface area contributed by atoms with Gasteiger partial charge >= 0.3 is 0 Å². The lowest BCUT2D eigenvalue weighted by molar-refractivity contribution is -0.173. The van der Waals surface area contributed by atoms with E-state index in [1.165, 1.54) is 24.3 Å². The Kier molecular flexibility index (Phi) is 5.40. The molecule has 1 amide bonds. The third kappa shape index (κ3) is 2.96. The van der Waals surface area contributed by atoms with Crippen LogP contribution in [0.3, 0.4) is 0 Å². The van der Waals surface area contributed by atoms with Gasteiger partial charge in [-0.05, 0) is 73.0 Å². The van der Waals surface area contributed by atoms with Gasteiger partial charge in [0.1, 0.15) is 0 Å². The fourth-order valence-corrected chi connectivity index (χ4v) is 6.89. The zero-order valence-corrected chi connectivity index (χ0v) is 17.3. The smallest absolute Gasteiger partial charge is 0.248 e. The number of nitrogens with zero attached hydrogens (tertiary/aromatic N) is 1. The van der Waals surface area contributed by atoms with Crippen molar-refractivity contribution < 1.29 is 9.63 Å². The predicted molar refractivity (Wildman–Crippen MR) is 106 cm³/mol. The summed E-state index contributed by atoms with van der Waals surface area (Å²) < 4.78 is 0. The normalized spacial score (nSPS) is 44.3. The Bertz CT molecular complexity index is 585. The second-order valence-corrected chi connectivity index (χ2v) is 9.57. The van der Waals surface area contributed by atoms with Crippen molar-refractivity contribution in [1.29, 1.82) is 0 Å². The molecule has 7 atom stereocenters. The van der Waals surface area contributed by atoms with Crippen LogP contribution >= 0.6 is 0 Å². The second kappa shape index (κ2) is 7.14. The van der Waals surface area contributed by atoms with Gasteiger partial charge in [-0.2, -0.15) is 0 Å². The third-order valence-corrected chi connectivity index (χ3v) is 8.30. The molecule has 146 valence electrons. The molecule has 0 radical (unpaired) electrons. The molecule has 0 aliphatic heterocycles. The molecule has 3 aliphatic carbocycles. The van der Waals surface area contributed by atoms with Crippen LogP contribution in [0.2, 0.25) is 0 Å². The van der Waals surface area contributed by atoms with E-state index in [9.17, 15) is 4.79 Å². The van der Waals surface area contributed by atoms with E-state index in [4.69, 9.17) is 4.84 Å². The van der Waals surface area contributed by atoms with Gasteiger partial charge < -0.3 is 0 Å². The summed E-state index contributed by atoms with van der Waals surface area (Å²) in [6.07, 6.45) is 13.9. The fraction of sp³-hybridized carbons (Fsp3) is 0.783. The topological polar surface area (TPSA) is 29.5 Å². The molecule has 3 aliphatic rings. The van der Waals surface area contributed by atoms with Gasteiger partial charge in [0.25, 0.3) is 0 Å². The molecule has 0 bridgehead atoms. The van der Waals surface area contributed by atoms with Crippen LogP contribution in [-0.4, -0.2) is 25.1 Å². The van der Waals surface area contributed by atoms with Gasteiger partial charge in [-0.3, -0.25) is 9.63 Å².